The molecule has 2 N–H and O–H groups in total. The van der Waals surface area contributed by atoms with Gasteiger partial charge in [-0.05, 0) is 48.7 Å². The first-order chi connectivity index (χ1) is 10.6. The molecule has 0 fully saturated rings. The molecule has 1 aliphatic heterocycles. The van der Waals surface area contributed by atoms with Crippen molar-refractivity contribution in [1.82, 2.24) is 0 Å². The minimum atomic E-state index is -0.417. The van der Waals surface area contributed by atoms with Crippen LogP contribution in [-0.4, -0.2) is 19.8 Å². The average Bonchev–Trinajstić information content (AvgIpc) is 2.53. The van der Waals surface area contributed by atoms with Crippen LogP contribution in [0.3, 0.4) is 0 Å². The zero-order valence-electron chi connectivity index (χ0n) is 12.2. The minimum absolute atomic E-state index is 0. The number of hydrogen-bond donors (Lipinski definition) is 1. The topological polar surface area (TPSA) is 44.5 Å². The van der Waals surface area contributed by atoms with Gasteiger partial charge in [0.1, 0.15) is 29.2 Å². The van der Waals surface area contributed by atoms with Crippen molar-refractivity contribution in [2.75, 3.05) is 13.7 Å². The van der Waals surface area contributed by atoms with Crippen LogP contribution in [-0.2, 0) is 6.42 Å². The number of benzene rings is 2. The van der Waals surface area contributed by atoms with Gasteiger partial charge in [0.25, 0.3) is 0 Å². The summed E-state index contributed by atoms with van der Waals surface area (Å²) in [6, 6.07) is 6.94. The monoisotopic (exact) mass is 321 g/mol. The quantitative estimate of drug-likeness (QED) is 0.931. The van der Waals surface area contributed by atoms with Gasteiger partial charge < -0.3 is 15.2 Å². The summed E-state index contributed by atoms with van der Waals surface area (Å²) in [6.07, 6.45) is 1.31. The average molecular weight is 321 g/mol. The molecule has 2 aromatic carbocycles. The van der Waals surface area contributed by atoms with E-state index in [1.54, 1.807) is 0 Å². The highest BCUT2D eigenvalue weighted by Crippen LogP contribution is 2.42. The zero-order chi connectivity index (χ0) is 15.7. The SMILES string of the molecule is C.COc1ccc(F)cc1-c1cc(F)cc2c1O[C@@H](CN)CC2. The fourth-order valence-electron chi connectivity index (χ4n) is 2.77. The number of rotatable bonds is 3. The van der Waals surface area contributed by atoms with Gasteiger partial charge in [-0.3, -0.25) is 0 Å². The Morgan fingerprint density at radius 2 is 1.91 bits per heavy atom. The first kappa shape index (κ1) is 17.2. The molecule has 0 radical (unpaired) electrons. The third-order valence-electron chi connectivity index (χ3n) is 3.87. The molecule has 0 saturated heterocycles. The summed E-state index contributed by atoms with van der Waals surface area (Å²) in [6.45, 7) is 0.385. The van der Waals surface area contributed by atoms with Gasteiger partial charge >= 0.3 is 0 Å². The molecule has 0 spiro atoms. The van der Waals surface area contributed by atoms with E-state index in [9.17, 15) is 8.78 Å². The number of nitrogens with two attached hydrogens (primary N) is 1. The van der Waals surface area contributed by atoms with E-state index in [1.807, 2.05) is 0 Å². The van der Waals surface area contributed by atoms with E-state index in [0.29, 0.717) is 35.6 Å². The summed E-state index contributed by atoms with van der Waals surface area (Å²) in [5.41, 5.74) is 7.40. The molecule has 23 heavy (non-hydrogen) atoms. The van der Waals surface area contributed by atoms with Gasteiger partial charge in [-0.2, -0.15) is 0 Å². The van der Waals surface area contributed by atoms with Gasteiger partial charge in [-0.1, -0.05) is 7.43 Å². The minimum Gasteiger partial charge on any atom is -0.496 e. The number of ether oxygens (including phenoxy) is 2. The first-order valence-corrected chi connectivity index (χ1v) is 7.15. The van der Waals surface area contributed by atoms with Gasteiger partial charge in [0.2, 0.25) is 0 Å². The Bertz CT molecular complexity index is 704. The summed E-state index contributed by atoms with van der Waals surface area (Å²) in [5.74, 6) is 0.231. The van der Waals surface area contributed by atoms with Crippen molar-refractivity contribution in [2.45, 2.75) is 26.4 Å². The number of hydrogen-bond acceptors (Lipinski definition) is 3. The highest BCUT2D eigenvalue weighted by molar-refractivity contribution is 5.77. The van der Waals surface area contributed by atoms with E-state index in [4.69, 9.17) is 15.2 Å². The molecule has 124 valence electrons. The van der Waals surface area contributed by atoms with Crippen LogP contribution in [0.2, 0.25) is 0 Å². The van der Waals surface area contributed by atoms with Crippen LogP contribution in [0.5, 0.6) is 11.5 Å². The van der Waals surface area contributed by atoms with Gasteiger partial charge in [0.15, 0.2) is 0 Å². The normalized spacial score (nSPS) is 16.1. The van der Waals surface area contributed by atoms with E-state index >= 15 is 0 Å². The Labute approximate surface area is 135 Å². The largest absolute Gasteiger partial charge is 0.496 e. The Morgan fingerprint density at radius 3 is 2.61 bits per heavy atom. The summed E-state index contributed by atoms with van der Waals surface area (Å²) in [5, 5.41) is 0. The Morgan fingerprint density at radius 1 is 1.17 bits per heavy atom. The van der Waals surface area contributed by atoms with Crippen LogP contribution in [0.4, 0.5) is 8.78 Å². The van der Waals surface area contributed by atoms with Crippen molar-refractivity contribution in [3.63, 3.8) is 0 Å². The fourth-order valence-corrected chi connectivity index (χ4v) is 2.77. The van der Waals surface area contributed by atoms with E-state index in [1.165, 1.54) is 37.4 Å². The van der Waals surface area contributed by atoms with E-state index in [-0.39, 0.29) is 19.3 Å². The molecule has 1 atom stereocenters. The first-order valence-electron chi connectivity index (χ1n) is 7.15. The predicted molar refractivity (Wildman–Crippen MR) is 86.9 cm³/mol. The predicted octanol–water partition coefficient (Wildman–Crippen LogP) is 3.93. The number of aryl methyl sites for hydroxylation is 1. The van der Waals surface area contributed by atoms with Gasteiger partial charge in [0.05, 0.1) is 7.11 Å². The molecule has 1 aliphatic rings. The lowest BCUT2D eigenvalue weighted by molar-refractivity contribution is 0.182. The Kier molecular flexibility index (Phi) is 5.21. The van der Waals surface area contributed by atoms with Crippen LogP contribution >= 0.6 is 0 Å². The Hall–Kier alpha value is -2.14. The van der Waals surface area contributed by atoms with Crippen LogP contribution in [0.25, 0.3) is 11.1 Å². The summed E-state index contributed by atoms with van der Waals surface area (Å²) < 4.78 is 38.7. The standard InChI is InChI=1S/C17H17F2NO2.CH4/c1-21-16-5-3-11(18)7-14(16)15-8-12(19)6-10-2-4-13(9-20)22-17(10)15;/h3,5-8,13H,2,4,9,20H2,1H3;1H4/t13-;/m1./s1. The molecule has 3 nitrogen and oxygen atoms in total. The molecule has 2 aromatic rings. The fraction of sp³-hybridized carbons (Fsp3) is 0.333. The lowest BCUT2D eigenvalue weighted by Gasteiger charge is -2.27. The van der Waals surface area contributed by atoms with E-state index in [2.05, 4.69) is 0 Å². The van der Waals surface area contributed by atoms with E-state index < -0.39 is 5.82 Å². The van der Waals surface area contributed by atoms with Crippen LogP contribution in [0.15, 0.2) is 30.3 Å². The molecule has 0 saturated carbocycles. The summed E-state index contributed by atoms with van der Waals surface area (Å²) in [4.78, 5) is 0. The molecule has 0 amide bonds. The Balaban J connectivity index is 0.00000192. The molecule has 0 bridgehead atoms. The molecule has 0 aliphatic carbocycles. The third kappa shape index (κ3) is 3.29. The number of halogens is 2. The summed E-state index contributed by atoms with van der Waals surface area (Å²) in [7, 11) is 1.49. The zero-order valence-corrected chi connectivity index (χ0v) is 12.2. The van der Waals surface area contributed by atoms with Crippen molar-refractivity contribution in [3.8, 4) is 22.6 Å². The van der Waals surface area contributed by atoms with Crippen molar-refractivity contribution >= 4 is 0 Å². The van der Waals surface area contributed by atoms with Crippen molar-refractivity contribution in [2.24, 2.45) is 5.73 Å². The second-order valence-corrected chi connectivity index (χ2v) is 5.30. The molecule has 5 heteroatoms. The maximum absolute atomic E-state index is 13.9. The molecule has 0 unspecified atom stereocenters. The van der Waals surface area contributed by atoms with Gasteiger partial charge in [-0.15, -0.1) is 0 Å². The maximum atomic E-state index is 13.9. The second kappa shape index (κ2) is 6.96. The molecule has 1 heterocycles. The number of fused-ring (bicyclic) bond motifs is 1. The lowest BCUT2D eigenvalue weighted by atomic mass is 9.95. The maximum Gasteiger partial charge on any atom is 0.131 e. The third-order valence-corrected chi connectivity index (χ3v) is 3.87. The van der Waals surface area contributed by atoms with Gasteiger partial charge in [0, 0.05) is 17.7 Å². The highest BCUT2D eigenvalue weighted by Gasteiger charge is 2.24. The van der Waals surface area contributed by atoms with Crippen LogP contribution in [0.1, 0.15) is 19.4 Å². The van der Waals surface area contributed by atoms with Crippen LogP contribution < -0.4 is 15.2 Å². The van der Waals surface area contributed by atoms with Crippen molar-refractivity contribution < 1.29 is 18.3 Å². The lowest BCUT2D eigenvalue weighted by Crippen LogP contribution is -2.30. The van der Waals surface area contributed by atoms with E-state index in [0.717, 1.165) is 12.0 Å². The summed E-state index contributed by atoms with van der Waals surface area (Å²) >= 11 is 0. The second-order valence-electron chi connectivity index (χ2n) is 5.30. The smallest absolute Gasteiger partial charge is 0.131 e. The van der Waals surface area contributed by atoms with Crippen molar-refractivity contribution in [1.29, 1.82) is 0 Å². The van der Waals surface area contributed by atoms with Crippen LogP contribution in [0, 0.1) is 11.6 Å². The molecular formula is C18H21F2NO2. The molecule has 0 aromatic heterocycles. The van der Waals surface area contributed by atoms with Gasteiger partial charge in [-0.25, -0.2) is 8.78 Å². The number of methoxy groups -OCH3 is 1. The van der Waals surface area contributed by atoms with Crippen molar-refractivity contribution in [3.05, 3.63) is 47.5 Å². The highest BCUT2D eigenvalue weighted by atomic mass is 19.1. The molecular weight excluding hydrogens is 300 g/mol. The molecule has 3 rings (SSSR count).